The number of carbonyl (C=O) groups is 2. The summed E-state index contributed by atoms with van der Waals surface area (Å²) in [7, 11) is 0. The lowest BCUT2D eigenvalue weighted by atomic mass is 9.93. The quantitative estimate of drug-likeness (QED) is 0.716. The van der Waals surface area contributed by atoms with Crippen molar-refractivity contribution in [2.75, 3.05) is 59.2 Å². The van der Waals surface area contributed by atoms with Gasteiger partial charge in [-0.25, -0.2) is 0 Å². The van der Waals surface area contributed by atoms with E-state index in [4.69, 9.17) is 21.1 Å². The number of rotatable bonds is 6. The molecule has 7 nitrogen and oxygen atoms in total. The minimum atomic E-state index is -0.182. The van der Waals surface area contributed by atoms with Gasteiger partial charge in [-0.05, 0) is 30.9 Å². The molecule has 0 aromatic heterocycles. The van der Waals surface area contributed by atoms with Gasteiger partial charge in [0.2, 0.25) is 11.8 Å². The highest BCUT2D eigenvalue weighted by molar-refractivity contribution is 6.31. The number of carbonyl (C=O) groups excluding carboxylic acids is 2. The van der Waals surface area contributed by atoms with Gasteiger partial charge in [0.05, 0.1) is 18.6 Å². The predicted octanol–water partition coefficient (Wildman–Crippen LogP) is 1.73. The van der Waals surface area contributed by atoms with Crippen LogP contribution in [-0.2, 0) is 25.5 Å². The topological polar surface area (TPSA) is 71.1 Å². The molecule has 1 unspecified atom stereocenters. The Morgan fingerprint density at radius 3 is 2.48 bits per heavy atom. The maximum atomic E-state index is 12.8. The van der Waals surface area contributed by atoms with Gasteiger partial charge in [0, 0.05) is 63.5 Å². The molecule has 2 amide bonds. The number of ether oxygens (including phenoxy) is 2. The van der Waals surface area contributed by atoms with Gasteiger partial charge in [-0.15, -0.1) is 0 Å². The number of hydrogen-bond acceptors (Lipinski definition) is 5. The van der Waals surface area contributed by atoms with Crippen molar-refractivity contribution in [3.8, 4) is 0 Å². The van der Waals surface area contributed by atoms with Gasteiger partial charge in [0.25, 0.3) is 0 Å². The highest BCUT2D eigenvalue weighted by Crippen LogP contribution is 2.28. The van der Waals surface area contributed by atoms with Crippen molar-refractivity contribution in [1.29, 1.82) is 0 Å². The maximum absolute atomic E-state index is 12.8. The first kappa shape index (κ1) is 22.5. The van der Waals surface area contributed by atoms with Crippen LogP contribution in [0.4, 0.5) is 0 Å². The summed E-state index contributed by atoms with van der Waals surface area (Å²) in [6.45, 7) is 6.17. The molecule has 8 heteroatoms. The van der Waals surface area contributed by atoms with E-state index in [9.17, 15) is 9.59 Å². The number of nitrogens with one attached hydrogen (secondary N) is 1. The molecule has 1 N–H and O–H groups in total. The molecular formula is C23H32ClN3O4. The average molecular weight is 450 g/mol. The second-order valence-corrected chi connectivity index (χ2v) is 9.17. The standard InChI is InChI=1S/C23H32ClN3O4/c24-20-4-2-1-3-19(20)15-21(28)26-8-10-27(11-9-26)23(7-14-31-17-23)16-25-22(29)18-5-12-30-13-6-18/h1-4,18H,5-17H2,(H,25,29). The van der Waals surface area contributed by atoms with Gasteiger partial charge in [-0.2, -0.15) is 0 Å². The fourth-order valence-corrected chi connectivity index (χ4v) is 5.00. The third kappa shape index (κ3) is 5.40. The summed E-state index contributed by atoms with van der Waals surface area (Å²) >= 11 is 6.22. The molecule has 3 heterocycles. The van der Waals surface area contributed by atoms with E-state index in [1.54, 1.807) is 0 Å². The van der Waals surface area contributed by atoms with Crippen molar-refractivity contribution in [3.05, 3.63) is 34.9 Å². The molecule has 0 radical (unpaired) electrons. The van der Waals surface area contributed by atoms with Crippen LogP contribution in [-0.4, -0.2) is 86.3 Å². The summed E-state index contributed by atoms with van der Waals surface area (Å²) in [4.78, 5) is 29.7. The van der Waals surface area contributed by atoms with Crippen molar-refractivity contribution in [3.63, 3.8) is 0 Å². The van der Waals surface area contributed by atoms with Crippen LogP contribution in [0.1, 0.15) is 24.8 Å². The third-order valence-electron chi connectivity index (χ3n) is 6.87. The lowest BCUT2D eigenvalue weighted by Gasteiger charge is -2.45. The second-order valence-electron chi connectivity index (χ2n) is 8.77. The number of halogens is 1. The summed E-state index contributed by atoms with van der Waals surface area (Å²) in [6, 6.07) is 7.51. The van der Waals surface area contributed by atoms with E-state index >= 15 is 0 Å². The first-order valence-corrected chi connectivity index (χ1v) is 11.6. The van der Waals surface area contributed by atoms with E-state index in [0.717, 1.165) is 37.9 Å². The minimum Gasteiger partial charge on any atom is -0.381 e. The van der Waals surface area contributed by atoms with Crippen molar-refractivity contribution in [1.82, 2.24) is 15.1 Å². The maximum Gasteiger partial charge on any atom is 0.227 e. The van der Waals surface area contributed by atoms with E-state index < -0.39 is 0 Å². The molecule has 0 aliphatic carbocycles. The van der Waals surface area contributed by atoms with Crippen LogP contribution in [0.5, 0.6) is 0 Å². The zero-order chi connectivity index (χ0) is 21.7. The van der Waals surface area contributed by atoms with E-state index in [1.165, 1.54) is 0 Å². The normalized spacial score (nSPS) is 25.5. The van der Waals surface area contributed by atoms with Crippen molar-refractivity contribution >= 4 is 23.4 Å². The minimum absolute atomic E-state index is 0.0485. The van der Waals surface area contributed by atoms with Crippen LogP contribution in [0.15, 0.2) is 24.3 Å². The van der Waals surface area contributed by atoms with Crippen molar-refractivity contribution < 1.29 is 19.1 Å². The SMILES string of the molecule is O=C(NCC1(N2CCN(C(=O)Cc3ccccc3Cl)CC2)CCOC1)C1CCOCC1. The highest BCUT2D eigenvalue weighted by Gasteiger charge is 2.42. The van der Waals surface area contributed by atoms with E-state index in [-0.39, 0.29) is 23.3 Å². The smallest absolute Gasteiger partial charge is 0.227 e. The van der Waals surface area contributed by atoms with Crippen LogP contribution in [0.3, 0.4) is 0 Å². The van der Waals surface area contributed by atoms with Gasteiger partial charge >= 0.3 is 0 Å². The van der Waals surface area contributed by atoms with Crippen LogP contribution in [0.2, 0.25) is 5.02 Å². The average Bonchev–Trinajstić information content (AvgIpc) is 3.30. The van der Waals surface area contributed by atoms with Gasteiger partial charge in [0.1, 0.15) is 0 Å². The molecule has 3 aliphatic heterocycles. The summed E-state index contributed by atoms with van der Waals surface area (Å²) in [5.41, 5.74) is 0.687. The second kappa shape index (κ2) is 10.3. The van der Waals surface area contributed by atoms with Gasteiger partial charge in [-0.1, -0.05) is 29.8 Å². The molecule has 31 heavy (non-hydrogen) atoms. The summed E-state index contributed by atoms with van der Waals surface area (Å²) in [5, 5.41) is 3.83. The monoisotopic (exact) mass is 449 g/mol. The fourth-order valence-electron chi connectivity index (χ4n) is 4.80. The number of benzene rings is 1. The van der Waals surface area contributed by atoms with Crippen LogP contribution < -0.4 is 5.32 Å². The van der Waals surface area contributed by atoms with Crippen LogP contribution >= 0.6 is 11.6 Å². The summed E-state index contributed by atoms with van der Waals surface area (Å²) in [6.07, 6.45) is 2.81. The number of piperazine rings is 1. The molecule has 3 saturated heterocycles. The molecule has 4 rings (SSSR count). The van der Waals surface area contributed by atoms with Crippen LogP contribution in [0, 0.1) is 5.92 Å². The van der Waals surface area contributed by atoms with Crippen molar-refractivity contribution in [2.24, 2.45) is 5.92 Å². The number of amides is 2. The van der Waals surface area contributed by atoms with Crippen LogP contribution in [0.25, 0.3) is 0 Å². The van der Waals surface area contributed by atoms with Gasteiger partial charge in [0.15, 0.2) is 0 Å². The van der Waals surface area contributed by atoms with E-state index in [1.807, 2.05) is 29.2 Å². The Bertz CT molecular complexity index is 770. The van der Waals surface area contributed by atoms with Gasteiger partial charge in [-0.3, -0.25) is 14.5 Å². The Kier molecular flexibility index (Phi) is 7.48. The zero-order valence-electron chi connectivity index (χ0n) is 18.0. The number of hydrogen-bond donors (Lipinski definition) is 1. The molecule has 170 valence electrons. The van der Waals surface area contributed by atoms with Crippen molar-refractivity contribution in [2.45, 2.75) is 31.2 Å². The van der Waals surface area contributed by atoms with Gasteiger partial charge < -0.3 is 19.7 Å². The summed E-state index contributed by atoms with van der Waals surface area (Å²) in [5.74, 6) is 0.285. The Labute approximate surface area is 189 Å². The Morgan fingerprint density at radius 2 is 1.81 bits per heavy atom. The first-order valence-electron chi connectivity index (χ1n) is 11.3. The Morgan fingerprint density at radius 1 is 1.06 bits per heavy atom. The first-order chi connectivity index (χ1) is 15.1. The number of nitrogens with zero attached hydrogens (tertiary/aromatic N) is 2. The Hall–Kier alpha value is -1.67. The zero-order valence-corrected chi connectivity index (χ0v) is 18.7. The lowest BCUT2D eigenvalue weighted by Crippen LogP contribution is -2.62. The Balaban J connectivity index is 1.30. The molecule has 1 atom stereocenters. The lowest BCUT2D eigenvalue weighted by molar-refractivity contribution is -0.133. The third-order valence-corrected chi connectivity index (χ3v) is 7.24. The molecule has 3 aliphatic rings. The van der Waals surface area contributed by atoms with E-state index in [2.05, 4.69) is 10.2 Å². The molecule has 0 bridgehead atoms. The summed E-state index contributed by atoms with van der Waals surface area (Å²) < 4.78 is 11.1. The molecule has 1 aromatic carbocycles. The molecule has 0 spiro atoms. The molecule has 0 saturated carbocycles. The molecule has 1 aromatic rings. The molecule has 3 fully saturated rings. The fraction of sp³-hybridized carbons (Fsp3) is 0.652. The largest absolute Gasteiger partial charge is 0.381 e. The molecular weight excluding hydrogens is 418 g/mol. The predicted molar refractivity (Wildman–Crippen MR) is 118 cm³/mol. The van der Waals surface area contributed by atoms with E-state index in [0.29, 0.717) is 57.5 Å². The highest BCUT2D eigenvalue weighted by atomic mass is 35.5.